The van der Waals surface area contributed by atoms with Gasteiger partial charge in [0.1, 0.15) is 0 Å². The Morgan fingerprint density at radius 3 is 2.80 bits per heavy atom. The molecule has 4 heteroatoms. The van der Waals surface area contributed by atoms with Gasteiger partial charge in [0.15, 0.2) is 11.5 Å². The topological polar surface area (TPSA) is 63.6 Å². The molecule has 10 heavy (non-hydrogen) atoms. The molecule has 0 aromatic carbocycles. The van der Waals surface area contributed by atoms with E-state index in [1.54, 1.807) is 0 Å². The predicted molar refractivity (Wildman–Crippen MR) is 31.4 cm³/mol. The van der Waals surface area contributed by atoms with Crippen molar-refractivity contribution in [2.24, 2.45) is 0 Å². The van der Waals surface area contributed by atoms with Crippen molar-refractivity contribution in [2.45, 2.75) is 12.8 Å². The number of hydrogen-bond donors (Lipinski definition) is 1. The van der Waals surface area contributed by atoms with E-state index in [1.807, 2.05) is 0 Å². The first-order chi connectivity index (χ1) is 4.70. The molecule has 54 valence electrons. The van der Waals surface area contributed by atoms with E-state index in [0.717, 1.165) is 0 Å². The van der Waals surface area contributed by atoms with Gasteiger partial charge in [0.2, 0.25) is 0 Å². The van der Waals surface area contributed by atoms with Gasteiger partial charge in [-0.2, -0.15) is 0 Å². The van der Waals surface area contributed by atoms with Gasteiger partial charge in [-0.15, -0.1) is 0 Å². The molecule has 0 heterocycles. The van der Waals surface area contributed by atoms with Crippen molar-refractivity contribution in [2.75, 3.05) is 0 Å². The average molecular weight is 142 g/mol. The van der Waals surface area contributed by atoms with Gasteiger partial charge < -0.3 is 9.84 Å². The number of rotatable bonds is 1. The number of carboxylic acid groups (broad SMARTS) is 1. The molecule has 1 aliphatic carbocycles. The van der Waals surface area contributed by atoms with Crippen LogP contribution in [0.25, 0.3) is 0 Å². The van der Waals surface area contributed by atoms with Crippen LogP contribution in [0.2, 0.25) is 0 Å². The molecule has 1 rings (SSSR count). The van der Waals surface area contributed by atoms with Crippen LogP contribution in [0.15, 0.2) is 11.8 Å². The van der Waals surface area contributed by atoms with E-state index >= 15 is 0 Å². The number of ketones is 1. The summed E-state index contributed by atoms with van der Waals surface area (Å²) in [7, 11) is 0. The molecule has 0 saturated heterocycles. The normalized spacial score (nSPS) is 16.8. The zero-order chi connectivity index (χ0) is 7.56. The van der Waals surface area contributed by atoms with Gasteiger partial charge in [-0.3, -0.25) is 4.79 Å². The fraction of sp³-hybridized carbons (Fsp3) is 0.333. The quantitative estimate of drug-likeness (QED) is 0.553. The second kappa shape index (κ2) is 2.51. The highest BCUT2D eigenvalue weighted by atomic mass is 16.7. The Morgan fingerprint density at radius 1 is 1.70 bits per heavy atom. The molecule has 0 fully saturated rings. The molecule has 0 aromatic heterocycles. The van der Waals surface area contributed by atoms with Crippen molar-refractivity contribution >= 4 is 11.9 Å². The monoisotopic (exact) mass is 142 g/mol. The third-order valence-corrected chi connectivity index (χ3v) is 1.17. The van der Waals surface area contributed by atoms with E-state index in [0.29, 0.717) is 12.8 Å². The smallest absolute Gasteiger partial charge is 0.449 e. The van der Waals surface area contributed by atoms with Crippen molar-refractivity contribution in [1.82, 2.24) is 0 Å². The molecule has 0 aliphatic heterocycles. The summed E-state index contributed by atoms with van der Waals surface area (Å²) >= 11 is 0. The second-order valence-electron chi connectivity index (χ2n) is 1.90. The van der Waals surface area contributed by atoms with Crippen molar-refractivity contribution in [1.29, 1.82) is 0 Å². The zero-order valence-corrected chi connectivity index (χ0v) is 5.16. The van der Waals surface area contributed by atoms with Crippen LogP contribution in [0, 0.1) is 0 Å². The van der Waals surface area contributed by atoms with Crippen molar-refractivity contribution in [3.63, 3.8) is 0 Å². The molecule has 0 saturated carbocycles. The highest BCUT2D eigenvalue weighted by molar-refractivity contribution is 5.97. The summed E-state index contributed by atoms with van der Waals surface area (Å²) in [6.45, 7) is 0. The standard InChI is InChI=1S/C6H6O4/c7-4-2-1-3-5(4)10-6(8)9/h3H,1-2H2,(H,8,9). The molecule has 1 N–H and O–H groups in total. The highest BCUT2D eigenvalue weighted by Crippen LogP contribution is 2.14. The maximum Gasteiger partial charge on any atom is 0.511 e. The highest BCUT2D eigenvalue weighted by Gasteiger charge is 2.18. The summed E-state index contributed by atoms with van der Waals surface area (Å²) in [5.41, 5.74) is 0. The molecule has 0 amide bonds. The van der Waals surface area contributed by atoms with E-state index in [9.17, 15) is 9.59 Å². The summed E-state index contributed by atoms with van der Waals surface area (Å²) in [5.74, 6) is -0.269. The Hall–Kier alpha value is -1.32. The van der Waals surface area contributed by atoms with Gasteiger partial charge in [0, 0.05) is 6.42 Å². The van der Waals surface area contributed by atoms with Crippen LogP contribution >= 0.6 is 0 Å². The van der Waals surface area contributed by atoms with Crippen LogP contribution in [0.4, 0.5) is 4.79 Å². The fourth-order valence-electron chi connectivity index (χ4n) is 0.764. The van der Waals surface area contributed by atoms with Gasteiger partial charge in [-0.25, -0.2) is 4.79 Å². The molecule has 0 spiro atoms. The lowest BCUT2D eigenvalue weighted by atomic mass is 10.3. The Bertz CT molecular complexity index is 204. The number of allylic oxidation sites excluding steroid dienone is 2. The largest absolute Gasteiger partial charge is 0.511 e. The molecule has 0 unspecified atom stereocenters. The van der Waals surface area contributed by atoms with Gasteiger partial charge in [0.25, 0.3) is 0 Å². The first kappa shape index (κ1) is 6.80. The number of hydrogen-bond acceptors (Lipinski definition) is 3. The number of ether oxygens (including phenoxy) is 1. The van der Waals surface area contributed by atoms with E-state index in [2.05, 4.69) is 4.74 Å². The summed E-state index contributed by atoms with van der Waals surface area (Å²) in [4.78, 5) is 20.5. The van der Waals surface area contributed by atoms with Crippen LogP contribution in [0.3, 0.4) is 0 Å². The van der Waals surface area contributed by atoms with E-state index < -0.39 is 6.16 Å². The molecular weight excluding hydrogens is 136 g/mol. The lowest BCUT2D eigenvalue weighted by Crippen LogP contribution is -2.05. The van der Waals surface area contributed by atoms with Crippen molar-refractivity contribution in [3.8, 4) is 0 Å². The number of Topliss-reactive ketones (excluding diaryl/α,β-unsaturated/α-hetero) is 1. The number of carbonyl (C=O) groups is 2. The summed E-state index contributed by atoms with van der Waals surface area (Å²) < 4.78 is 4.15. The summed E-state index contributed by atoms with van der Waals surface area (Å²) in [6.07, 6.45) is 1.00. The lowest BCUT2D eigenvalue weighted by molar-refractivity contribution is -0.117. The second-order valence-corrected chi connectivity index (χ2v) is 1.90. The van der Waals surface area contributed by atoms with E-state index in [-0.39, 0.29) is 11.5 Å². The van der Waals surface area contributed by atoms with Gasteiger partial charge >= 0.3 is 6.16 Å². The lowest BCUT2D eigenvalue weighted by Gasteiger charge is -1.95. The molecule has 0 radical (unpaired) electrons. The van der Waals surface area contributed by atoms with Crippen molar-refractivity contribution in [3.05, 3.63) is 11.8 Å². The minimum Gasteiger partial charge on any atom is -0.449 e. The third-order valence-electron chi connectivity index (χ3n) is 1.17. The maximum atomic E-state index is 10.7. The van der Waals surface area contributed by atoms with Crippen LogP contribution in [-0.4, -0.2) is 17.0 Å². The van der Waals surface area contributed by atoms with Crippen LogP contribution in [0.1, 0.15) is 12.8 Å². The molecule has 0 bridgehead atoms. The summed E-state index contributed by atoms with van der Waals surface area (Å²) in [5, 5.41) is 8.08. The fourth-order valence-corrected chi connectivity index (χ4v) is 0.764. The van der Waals surface area contributed by atoms with E-state index in [1.165, 1.54) is 6.08 Å². The zero-order valence-electron chi connectivity index (χ0n) is 5.16. The third kappa shape index (κ3) is 1.34. The molecule has 0 aromatic rings. The molecule has 4 nitrogen and oxygen atoms in total. The minimum absolute atomic E-state index is 0.0347. The SMILES string of the molecule is O=C(O)OC1=CCCC1=O. The number of carbonyl (C=O) groups excluding carboxylic acids is 1. The Balaban J connectivity index is 2.56. The predicted octanol–water partition coefficient (Wildman–Crippen LogP) is 0.928. The maximum absolute atomic E-state index is 10.7. The van der Waals surface area contributed by atoms with Gasteiger partial charge in [-0.05, 0) is 12.5 Å². The Kier molecular flexibility index (Phi) is 1.71. The van der Waals surface area contributed by atoms with Gasteiger partial charge in [-0.1, -0.05) is 0 Å². The average Bonchev–Trinajstić information content (AvgIpc) is 2.15. The van der Waals surface area contributed by atoms with Crippen molar-refractivity contribution < 1.29 is 19.4 Å². The molecular formula is C6H6O4. The Labute approximate surface area is 57.1 Å². The van der Waals surface area contributed by atoms with Crippen LogP contribution in [0.5, 0.6) is 0 Å². The van der Waals surface area contributed by atoms with Crippen LogP contribution in [-0.2, 0) is 9.53 Å². The molecule has 1 aliphatic rings. The first-order valence-corrected chi connectivity index (χ1v) is 2.84. The molecule has 0 atom stereocenters. The minimum atomic E-state index is -1.43. The van der Waals surface area contributed by atoms with Crippen LogP contribution < -0.4 is 0 Å². The summed E-state index contributed by atoms with van der Waals surface area (Å²) in [6, 6.07) is 0. The Morgan fingerprint density at radius 2 is 2.40 bits per heavy atom. The van der Waals surface area contributed by atoms with E-state index in [4.69, 9.17) is 5.11 Å². The first-order valence-electron chi connectivity index (χ1n) is 2.84. The van der Waals surface area contributed by atoms with Gasteiger partial charge in [0.05, 0.1) is 0 Å².